The van der Waals surface area contributed by atoms with Crippen molar-refractivity contribution in [2.75, 3.05) is 20.3 Å². The summed E-state index contributed by atoms with van der Waals surface area (Å²) in [6, 6.07) is 6.30. The Balaban J connectivity index is 1.89. The van der Waals surface area contributed by atoms with Gasteiger partial charge in [0.2, 0.25) is 0 Å². The van der Waals surface area contributed by atoms with E-state index in [1.165, 1.54) is 24.0 Å². The van der Waals surface area contributed by atoms with Crippen molar-refractivity contribution in [1.82, 2.24) is 5.32 Å². The van der Waals surface area contributed by atoms with Gasteiger partial charge in [0.05, 0.1) is 13.2 Å². The quantitative estimate of drug-likeness (QED) is 0.784. The third-order valence-electron chi connectivity index (χ3n) is 4.22. The summed E-state index contributed by atoms with van der Waals surface area (Å²) in [7, 11) is 1.77. The molecule has 0 spiro atoms. The zero-order valence-electron chi connectivity index (χ0n) is 13.2. The van der Waals surface area contributed by atoms with Gasteiger partial charge in [-0.25, -0.2) is 0 Å². The van der Waals surface area contributed by atoms with Crippen LogP contribution < -0.4 is 10.1 Å². The fourth-order valence-electron chi connectivity index (χ4n) is 2.63. The molecule has 1 N–H and O–H groups in total. The number of hydrogen-bond donors (Lipinski definition) is 1. The van der Waals surface area contributed by atoms with E-state index in [9.17, 15) is 4.79 Å². The summed E-state index contributed by atoms with van der Waals surface area (Å²) in [5.74, 6) is 0.656. The van der Waals surface area contributed by atoms with Gasteiger partial charge in [-0.1, -0.05) is 6.07 Å². The molecule has 1 aromatic carbocycles. The largest absolute Gasteiger partial charge is 0.493 e. The van der Waals surface area contributed by atoms with Crippen molar-refractivity contribution in [3.8, 4) is 5.75 Å². The van der Waals surface area contributed by atoms with Crippen molar-refractivity contribution in [3.05, 3.63) is 29.3 Å². The van der Waals surface area contributed by atoms with E-state index in [-0.39, 0.29) is 5.97 Å². The Hall–Kier alpha value is -1.55. The van der Waals surface area contributed by atoms with Crippen LogP contribution in [0.25, 0.3) is 0 Å². The molecule has 0 aliphatic heterocycles. The van der Waals surface area contributed by atoms with E-state index in [2.05, 4.69) is 17.4 Å². The van der Waals surface area contributed by atoms with Crippen LogP contribution in [0.15, 0.2) is 18.2 Å². The molecule has 0 amide bonds. The Morgan fingerprint density at radius 2 is 2.10 bits per heavy atom. The lowest BCUT2D eigenvalue weighted by molar-refractivity contribution is -0.150. The first kappa shape index (κ1) is 15.8. The molecule has 1 aliphatic rings. The van der Waals surface area contributed by atoms with Crippen LogP contribution in [0.1, 0.15) is 37.8 Å². The lowest BCUT2D eigenvalue weighted by atomic mass is 9.99. The van der Waals surface area contributed by atoms with E-state index in [1.54, 1.807) is 7.05 Å². The number of benzene rings is 1. The predicted molar refractivity (Wildman–Crippen MR) is 82.7 cm³/mol. The molecule has 1 aliphatic carbocycles. The number of nitrogens with one attached hydrogen (secondary N) is 1. The van der Waals surface area contributed by atoms with Crippen molar-refractivity contribution in [3.63, 3.8) is 0 Å². The second-order valence-corrected chi connectivity index (χ2v) is 5.69. The highest BCUT2D eigenvalue weighted by atomic mass is 16.5. The van der Waals surface area contributed by atoms with Gasteiger partial charge in [0, 0.05) is 6.42 Å². The first-order valence-corrected chi connectivity index (χ1v) is 7.70. The number of carbonyl (C=O) groups is 1. The predicted octanol–water partition coefficient (Wildman–Crippen LogP) is 2.49. The lowest BCUT2D eigenvalue weighted by Crippen LogP contribution is -2.49. The fourth-order valence-corrected chi connectivity index (χ4v) is 2.63. The smallest absolute Gasteiger partial charge is 0.326 e. The fraction of sp³-hybridized carbons (Fsp3) is 0.588. The number of likely N-dealkylation sites (N-methyl/N-ethyl adjacent to an activating group) is 1. The summed E-state index contributed by atoms with van der Waals surface area (Å²) >= 11 is 0. The summed E-state index contributed by atoms with van der Waals surface area (Å²) in [6.07, 6.45) is 4.12. The molecule has 4 heteroatoms. The number of carbonyl (C=O) groups excluding carboxylic acids is 1. The SMILES string of the molecule is CCOC(=O)C(C)(CCOc1ccc2c(c1)CCC2)NC. The average molecular weight is 291 g/mol. The number of rotatable bonds is 7. The van der Waals surface area contributed by atoms with Gasteiger partial charge in [0.15, 0.2) is 0 Å². The molecule has 1 aromatic rings. The van der Waals surface area contributed by atoms with Crippen LogP contribution in [0.3, 0.4) is 0 Å². The second kappa shape index (κ2) is 6.94. The Labute approximate surface area is 126 Å². The number of hydrogen-bond acceptors (Lipinski definition) is 4. The Morgan fingerprint density at radius 1 is 1.33 bits per heavy atom. The van der Waals surface area contributed by atoms with E-state index < -0.39 is 5.54 Å². The van der Waals surface area contributed by atoms with E-state index in [0.29, 0.717) is 19.6 Å². The van der Waals surface area contributed by atoms with Crippen LogP contribution in [0.2, 0.25) is 0 Å². The molecule has 0 bridgehead atoms. The zero-order valence-corrected chi connectivity index (χ0v) is 13.2. The maximum Gasteiger partial charge on any atom is 0.326 e. The van der Waals surface area contributed by atoms with Crippen molar-refractivity contribution < 1.29 is 14.3 Å². The Kier molecular flexibility index (Phi) is 5.23. The minimum Gasteiger partial charge on any atom is -0.493 e. The summed E-state index contributed by atoms with van der Waals surface area (Å²) in [6.45, 7) is 4.53. The maximum atomic E-state index is 12.0. The molecule has 1 atom stereocenters. The summed E-state index contributed by atoms with van der Waals surface area (Å²) < 4.78 is 10.9. The van der Waals surface area contributed by atoms with Gasteiger partial charge in [-0.15, -0.1) is 0 Å². The minimum atomic E-state index is -0.702. The lowest BCUT2D eigenvalue weighted by Gasteiger charge is -2.26. The molecule has 0 fully saturated rings. The van der Waals surface area contributed by atoms with Crippen LogP contribution in [0.5, 0.6) is 5.75 Å². The second-order valence-electron chi connectivity index (χ2n) is 5.69. The van der Waals surface area contributed by atoms with Crippen LogP contribution in [0.4, 0.5) is 0 Å². The van der Waals surface area contributed by atoms with Crippen LogP contribution in [-0.4, -0.2) is 31.8 Å². The van der Waals surface area contributed by atoms with E-state index in [0.717, 1.165) is 12.2 Å². The highest BCUT2D eigenvalue weighted by Gasteiger charge is 2.32. The van der Waals surface area contributed by atoms with Gasteiger partial charge in [-0.2, -0.15) is 0 Å². The first-order valence-electron chi connectivity index (χ1n) is 7.70. The zero-order chi connectivity index (χ0) is 15.3. The van der Waals surface area contributed by atoms with Crippen LogP contribution in [-0.2, 0) is 22.4 Å². The van der Waals surface area contributed by atoms with E-state index in [1.807, 2.05) is 19.9 Å². The van der Waals surface area contributed by atoms with Gasteiger partial charge in [-0.3, -0.25) is 4.79 Å². The summed E-state index contributed by atoms with van der Waals surface area (Å²) in [5.41, 5.74) is 2.13. The molecule has 1 unspecified atom stereocenters. The van der Waals surface area contributed by atoms with Gasteiger partial charge in [0.1, 0.15) is 11.3 Å². The first-order chi connectivity index (χ1) is 10.1. The van der Waals surface area contributed by atoms with E-state index in [4.69, 9.17) is 9.47 Å². The third-order valence-corrected chi connectivity index (χ3v) is 4.22. The number of ether oxygens (including phenoxy) is 2. The molecule has 21 heavy (non-hydrogen) atoms. The monoisotopic (exact) mass is 291 g/mol. The van der Waals surface area contributed by atoms with Crippen LogP contribution in [0, 0.1) is 0 Å². The molecular formula is C17H25NO3. The van der Waals surface area contributed by atoms with Crippen molar-refractivity contribution in [2.45, 2.75) is 45.1 Å². The molecule has 0 saturated heterocycles. The minimum absolute atomic E-state index is 0.231. The highest BCUT2D eigenvalue weighted by Crippen LogP contribution is 2.26. The molecule has 2 rings (SSSR count). The van der Waals surface area contributed by atoms with Crippen molar-refractivity contribution in [1.29, 1.82) is 0 Å². The van der Waals surface area contributed by atoms with Gasteiger partial charge < -0.3 is 14.8 Å². The standard InChI is InChI=1S/C17H25NO3/c1-4-20-16(19)17(2,18-3)10-11-21-15-9-8-13-6-5-7-14(13)12-15/h8-9,12,18H,4-7,10-11H2,1-3H3. The van der Waals surface area contributed by atoms with Crippen molar-refractivity contribution >= 4 is 5.97 Å². The maximum absolute atomic E-state index is 12.0. The Morgan fingerprint density at radius 3 is 2.81 bits per heavy atom. The molecule has 0 saturated carbocycles. The average Bonchev–Trinajstić information content (AvgIpc) is 2.94. The van der Waals surface area contributed by atoms with Gasteiger partial charge >= 0.3 is 5.97 Å². The normalized spacial score (nSPS) is 16.1. The topological polar surface area (TPSA) is 47.6 Å². The molecular weight excluding hydrogens is 266 g/mol. The van der Waals surface area contributed by atoms with Crippen LogP contribution >= 0.6 is 0 Å². The van der Waals surface area contributed by atoms with Gasteiger partial charge in [0.25, 0.3) is 0 Å². The van der Waals surface area contributed by atoms with Gasteiger partial charge in [-0.05, 0) is 63.4 Å². The number of esters is 1. The molecule has 116 valence electrons. The van der Waals surface area contributed by atoms with Crippen molar-refractivity contribution in [2.24, 2.45) is 0 Å². The Bertz CT molecular complexity index is 501. The molecule has 0 aromatic heterocycles. The number of fused-ring (bicyclic) bond motifs is 1. The molecule has 0 radical (unpaired) electrons. The molecule has 0 heterocycles. The highest BCUT2D eigenvalue weighted by molar-refractivity contribution is 5.80. The third kappa shape index (κ3) is 3.76. The summed E-state index contributed by atoms with van der Waals surface area (Å²) in [4.78, 5) is 12.0. The van der Waals surface area contributed by atoms with E-state index >= 15 is 0 Å². The molecule has 4 nitrogen and oxygen atoms in total. The number of aryl methyl sites for hydroxylation is 2. The summed E-state index contributed by atoms with van der Waals surface area (Å²) in [5, 5.41) is 3.04.